The predicted octanol–water partition coefficient (Wildman–Crippen LogP) is 1.42. The molecule has 3 aromatic rings. The maximum atomic E-state index is 12.3. The Labute approximate surface area is 137 Å². The molecule has 0 unspecified atom stereocenters. The summed E-state index contributed by atoms with van der Waals surface area (Å²) in [7, 11) is 0. The molecule has 0 atom stereocenters. The number of aromatic nitrogens is 4. The fraction of sp³-hybridized carbons (Fsp3) is 0.250. The number of oxazole rings is 1. The van der Waals surface area contributed by atoms with Gasteiger partial charge in [-0.25, -0.2) is 14.9 Å². The van der Waals surface area contributed by atoms with Gasteiger partial charge in [0.25, 0.3) is 5.91 Å². The second-order valence-corrected chi connectivity index (χ2v) is 5.38. The normalized spacial score (nSPS) is 10.7. The first-order valence-electron chi connectivity index (χ1n) is 7.56. The van der Waals surface area contributed by atoms with Gasteiger partial charge in [-0.3, -0.25) is 9.78 Å². The van der Waals surface area contributed by atoms with Gasteiger partial charge in [-0.05, 0) is 13.3 Å². The van der Waals surface area contributed by atoms with Crippen LogP contribution < -0.4 is 11.0 Å². The van der Waals surface area contributed by atoms with Crippen molar-refractivity contribution in [1.82, 2.24) is 25.5 Å². The number of H-pyrrole nitrogens is 2. The first-order valence-corrected chi connectivity index (χ1v) is 7.56. The molecule has 1 aromatic carbocycles. The monoisotopic (exact) mass is 327 g/mol. The molecule has 124 valence electrons. The summed E-state index contributed by atoms with van der Waals surface area (Å²) in [5.41, 5.74) is 1.85. The maximum Gasteiger partial charge on any atom is 0.340 e. The van der Waals surface area contributed by atoms with Crippen LogP contribution in [0.3, 0.4) is 0 Å². The number of hydrogen-bond acceptors (Lipinski definition) is 5. The van der Waals surface area contributed by atoms with Crippen LogP contribution in [0.1, 0.15) is 28.3 Å². The zero-order valence-corrected chi connectivity index (χ0v) is 13.1. The lowest BCUT2D eigenvalue weighted by Gasteiger charge is -2.04. The quantitative estimate of drug-likeness (QED) is 0.592. The van der Waals surface area contributed by atoms with Crippen LogP contribution in [0.4, 0.5) is 0 Å². The highest BCUT2D eigenvalue weighted by Crippen LogP contribution is 2.23. The standard InChI is InChI=1S/C16H17N5O3/c1-10-4-6-11(7-5-10)14-13(18-9-24-14)15(22)17-8-2-3-12-19-16(23)21-20-12/h4-7,9H,2-3,8H2,1H3,(H,17,22)(H2,19,20,21,23). The molecule has 3 N–H and O–H groups in total. The van der Waals surface area contributed by atoms with Crippen LogP contribution in [-0.4, -0.2) is 32.6 Å². The van der Waals surface area contributed by atoms with E-state index in [0.29, 0.717) is 31.0 Å². The van der Waals surface area contributed by atoms with Crippen molar-refractivity contribution >= 4 is 5.91 Å². The van der Waals surface area contributed by atoms with Gasteiger partial charge in [0.1, 0.15) is 5.82 Å². The predicted molar refractivity (Wildman–Crippen MR) is 86.5 cm³/mol. The Bertz CT molecular complexity index is 876. The van der Waals surface area contributed by atoms with E-state index in [1.54, 1.807) is 0 Å². The third-order valence-corrected chi connectivity index (χ3v) is 3.52. The highest BCUT2D eigenvalue weighted by molar-refractivity contribution is 5.97. The number of benzene rings is 1. The van der Waals surface area contributed by atoms with Crippen molar-refractivity contribution in [2.45, 2.75) is 19.8 Å². The fourth-order valence-electron chi connectivity index (χ4n) is 2.28. The number of rotatable bonds is 6. The second-order valence-electron chi connectivity index (χ2n) is 5.38. The SMILES string of the molecule is Cc1ccc(-c2ocnc2C(=O)NCCCc2n[nH]c(=O)[nH]2)cc1. The summed E-state index contributed by atoms with van der Waals surface area (Å²) >= 11 is 0. The summed E-state index contributed by atoms with van der Waals surface area (Å²) < 4.78 is 5.36. The minimum absolute atomic E-state index is 0.257. The summed E-state index contributed by atoms with van der Waals surface area (Å²) in [6, 6.07) is 7.68. The van der Waals surface area contributed by atoms with Crippen molar-refractivity contribution in [1.29, 1.82) is 0 Å². The first kappa shape index (κ1) is 15.7. The van der Waals surface area contributed by atoms with Gasteiger partial charge in [0, 0.05) is 18.5 Å². The van der Waals surface area contributed by atoms with Crippen molar-refractivity contribution in [3.8, 4) is 11.3 Å². The number of amides is 1. The Balaban J connectivity index is 1.58. The van der Waals surface area contributed by atoms with E-state index in [2.05, 4.69) is 25.5 Å². The molecule has 0 bridgehead atoms. The van der Waals surface area contributed by atoms with E-state index in [9.17, 15) is 9.59 Å². The van der Waals surface area contributed by atoms with Gasteiger partial charge in [0.2, 0.25) is 0 Å². The Morgan fingerprint density at radius 1 is 1.29 bits per heavy atom. The average Bonchev–Trinajstić information content (AvgIpc) is 3.21. The third kappa shape index (κ3) is 3.60. The Hall–Kier alpha value is -3.16. The van der Waals surface area contributed by atoms with Gasteiger partial charge < -0.3 is 9.73 Å². The first-order chi connectivity index (χ1) is 11.6. The Kier molecular flexibility index (Phi) is 4.55. The summed E-state index contributed by atoms with van der Waals surface area (Å²) in [5, 5.41) is 8.90. The average molecular weight is 327 g/mol. The van der Waals surface area contributed by atoms with Crippen LogP contribution in [0.5, 0.6) is 0 Å². The number of nitrogens with zero attached hydrogens (tertiary/aromatic N) is 2. The van der Waals surface area contributed by atoms with Gasteiger partial charge in [-0.1, -0.05) is 29.8 Å². The number of aromatic amines is 2. The van der Waals surface area contributed by atoms with E-state index in [-0.39, 0.29) is 17.3 Å². The molecule has 24 heavy (non-hydrogen) atoms. The van der Waals surface area contributed by atoms with Gasteiger partial charge in [0.05, 0.1) is 0 Å². The lowest BCUT2D eigenvalue weighted by Crippen LogP contribution is -2.25. The van der Waals surface area contributed by atoms with Crippen molar-refractivity contribution in [2.24, 2.45) is 0 Å². The van der Waals surface area contributed by atoms with E-state index in [4.69, 9.17) is 4.42 Å². The van der Waals surface area contributed by atoms with Crippen LogP contribution >= 0.6 is 0 Å². The molecule has 0 aliphatic rings. The molecule has 3 rings (SSSR count). The van der Waals surface area contributed by atoms with Crippen molar-refractivity contribution in [3.63, 3.8) is 0 Å². The summed E-state index contributed by atoms with van der Waals surface area (Å²) in [6.45, 7) is 2.43. The van der Waals surface area contributed by atoms with Crippen LogP contribution in [0.15, 0.2) is 39.9 Å². The maximum absolute atomic E-state index is 12.3. The topological polar surface area (TPSA) is 117 Å². The minimum atomic E-state index is -0.334. The number of aryl methyl sites for hydroxylation is 2. The van der Waals surface area contributed by atoms with E-state index < -0.39 is 0 Å². The zero-order valence-electron chi connectivity index (χ0n) is 13.1. The molecule has 0 aliphatic carbocycles. The third-order valence-electron chi connectivity index (χ3n) is 3.52. The van der Waals surface area contributed by atoms with Gasteiger partial charge in [-0.15, -0.1) is 0 Å². The lowest BCUT2D eigenvalue weighted by molar-refractivity contribution is 0.0949. The molecule has 2 heterocycles. The molecule has 8 nitrogen and oxygen atoms in total. The molecule has 8 heteroatoms. The zero-order chi connectivity index (χ0) is 16.9. The number of carbonyl (C=O) groups is 1. The number of nitrogens with one attached hydrogen (secondary N) is 3. The van der Waals surface area contributed by atoms with E-state index >= 15 is 0 Å². The highest BCUT2D eigenvalue weighted by atomic mass is 16.3. The van der Waals surface area contributed by atoms with Gasteiger partial charge >= 0.3 is 5.69 Å². The molecule has 0 saturated heterocycles. The Morgan fingerprint density at radius 2 is 2.08 bits per heavy atom. The minimum Gasteiger partial charge on any atom is -0.443 e. The van der Waals surface area contributed by atoms with Crippen molar-refractivity contribution in [3.05, 3.63) is 58.2 Å². The molecule has 0 fully saturated rings. The molecule has 2 aromatic heterocycles. The van der Waals surface area contributed by atoms with E-state index in [1.165, 1.54) is 6.39 Å². The van der Waals surface area contributed by atoms with Gasteiger partial charge in [0.15, 0.2) is 17.8 Å². The number of carbonyl (C=O) groups excluding carboxylic acids is 1. The van der Waals surface area contributed by atoms with Gasteiger partial charge in [-0.2, -0.15) is 5.10 Å². The largest absolute Gasteiger partial charge is 0.443 e. The summed E-state index contributed by atoms with van der Waals surface area (Å²) in [5.74, 6) is 0.718. The Morgan fingerprint density at radius 3 is 2.79 bits per heavy atom. The van der Waals surface area contributed by atoms with Crippen LogP contribution in [0.2, 0.25) is 0 Å². The second kappa shape index (κ2) is 6.95. The molecule has 1 amide bonds. The van der Waals surface area contributed by atoms with E-state index in [0.717, 1.165) is 11.1 Å². The van der Waals surface area contributed by atoms with Crippen LogP contribution in [0.25, 0.3) is 11.3 Å². The fourth-order valence-corrected chi connectivity index (χ4v) is 2.28. The smallest absolute Gasteiger partial charge is 0.340 e. The van der Waals surface area contributed by atoms with Crippen molar-refractivity contribution < 1.29 is 9.21 Å². The molecule has 0 spiro atoms. The van der Waals surface area contributed by atoms with Crippen LogP contribution in [0, 0.1) is 6.92 Å². The number of hydrogen-bond donors (Lipinski definition) is 3. The van der Waals surface area contributed by atoms with Crippen molar-refractivity contribution in [2.75, 3.05) is 6.54 Å². The summed E-state index contributed by atoms with van der Waals surface area (Å²) in [4.78, 5) is 29.8. The van der Waals surface area contributed by atoms with Crippen LogP contribution in [-0.2, 0) is 6.42 Å². The molecular weight excluding hydrogens is 310 g/mol. The molecule has 0 radical (unpaired) electrons. The highest BCUT2D eigenvalue weighted by Gasteiger charge is 2.17. The molecule has 0 aliphatic heterocycles. The summed E-state index contributed by atoms with van der Waals surface area (Å²) in [6.07, 6.45) is 2.46. The molecule has 0 saturated carbocycles. The molecular formula is C16H17N5O3. The van der Waals surface area contributed by atoms with E-state index in [1.807, 2.05) is 31.2 Å². The lowest BCUT2D eigenvalue weighted by atomic mass is 10.1.